The van der Waals surface area contributed by atoms with Crippen LogP contribution in [0.5, 0.6) is 11.5 Å². The number of ether oxygens (including phenoxy) is 2. The van der Waals surface area contributed by atoms with Gasteiger partial charge in [-0.25, -0.2) is 0 Å². The van der Waals surface area contributed by atoms with Crippen LogP contribution < -0.4 is 14.8 Å². The van der Waals surface area contributed by atoms with E-state index in [0.717, 1.165) is 24.3 Å². The first kappa shape index (κ1) is 13.5. The highest BCUT2D eigenvalue weighted by Crippen LogP contribution is 2.27. The fourth-order valence-electron chi connectivity index (χ4n) is 2.48. The first-order valence-electron chi connectivity index (χ1n) is 6.94. The average Bonchev–Trinajstić information content (AvgIpc) is 2.95. The van der Waals surface area contributed by atoms with E-state index in [0.29, 0.717) is 17.9 Å². The number of hydrogen-bond acceptors (Lipinski definition) is 3. The molecule has 1 aliphatic heterocycles. The smallest absolute Gasteiger partial charge is 0.228 e. The maximum Gasteiger partial charge on any atom is 0.228 e. The molecular formula is C17H17NO3. The molecule has 0 unspecified atom stereocenters. The molecule has 108 valence electrons. The molecule has 0 radical (unpaired) electrons. The van der Waals surface area contributed by atoms with E-state index in [2.05, 4.69) is 5.32 Å². The van der Waals surface area contributed by atoms with Gasteiger partial charge >= 0.3 is 0 Å². The second-order valence-electron chi connectivity index (χ2n) is 4.97. The molecule has 0 aliphatic carbocycles. The fraction of sp³-hybridized carbons (Fsp3) is 0.235. The van der Waals surface area contributed by atoms with Gasteiger partial charge in [-0.05, 0) is 29.3 Å². The minimum atomic E-state index is -0.0571. The molecule has 0 saturated carbocycles. The van der Waals surface area contributed by atoms with Crippen molar-refractivity contribution < 1.29 is 14.3 Å². The van der Waals surface area contributed by atoms with Gasteiger partial charge in [-0.15, -0.1) is 0 Å². The van der Waals surface area contributed by atoms with Crippen LogP contribution in [0.2, 0.25) is 0 Å². The van der Waals surface area contributed by atoms with Gasteiger partial charge in [0.2, 0.25) is 5.91 Å². The quantitative estimate of drug-likeness (QED) is 0.938. The van der Waals surface area contributed by atoms with Gasteiger partial charge in [0, 0.05) is 6.42 Å². The van der Waals surface area contributed by atoms with Crippen LogP contribution in [0.3, 0.4) is 0 Å². The van der Waals surface area contributed by atoms with Crippen LogP contribution in [0.4, 0.5) is 5.69 Å². The molecule has 0 spiro atoms. The lowest BCUT2D eigenvalue weighted by Gasteiger charge is -2.10. The zero-order valence-electron chi connectivity index (χ0n) is 11.9. The van der Waals surface area contributed by atoms with Gasteiger partial charge in [0.1, 0.15) is 11.5 Å². The Morgan fingerprint density at radius 1 is 1.29 bits per heavy atom. The van der Waals surface area contributed by atoms with Crippen molar-refractivity contribution in [1.29, 1.82) is 0 Å². The third-order valence-electron chi connectivity index (χ3n) is 3.50. The van der Waals surface area contributed by atoms with E-state index in [-0.39, 0.29) is 5.91 Å². The van der Waals surface area contributed by atoms with Crippen molar-refractivity contribution in [2.45, 2.75) is 12.8 Å². The van der Waals surface area contributed by atoms with Crippen molar-refractivity contribution in [3.05, 3.63) is 53.6 Å². The predicted molar refractivity (Wildman–Crippen MR) is 81.0 cm³/mol. The van der Waals surface area contributed by atoms with Gasteiger partial charge in [-0.3, -0.25) is 4.79 Å². The number of para-hydroxylation sites is 2. The number of carbonyl (C=O) groups excluding carboxylic acids is 1. The van der Waals surface area contributed by atoms with Gasteiger partial charge < -0.3 is 14.8 Å². The van der Waals surface area contributed by atoms with Crippen LogP contribution in [-0.2, 0) is 17.6 Å². The van der Waals surface area contributed by atoms with Crippen molar-refractivity contribution in [1.82, 2.24) is 0 Å². The van der Waals surface area contributed by atoms with E-state index < -0.39 is 0 Å². The van der Waals surface area contributed by atoms with Gasteiger partial charge in [-0.1, -0.05) is 24.3 Å². The molecule has 3 rings (SSSR count). The topological polar surface area (TPSA) is 47.6 Å². The molecule has 21 heavy (non-hydrogen) atoms. The maximum atomic E-state index is 12.2. The summed E-state index contributed by atoms with van der Waals surface area (Å²) in [4.78, 5) is 12.2. The highest BCUT2D eigenvalue weighted by Gasteiger charge is 2.14. The number of amides is 1. The monoisotopic (exact) mass is 283 g/mol. The third-order valence-corrected chi connectivity index (χ3v) is 3.50. The van der Waals surface area contributed by atoms with Crippen LogP contribution in [0, 0.1) is 0 Å². The van der Waals surface area contributed by atoms with Gasteiger partial charge in [-0.2, -0.15) is 0 Å². The largest absolute Gasteiger partial charge is 0.495 e. The zero-order chi connectivity index (χ0) is 14.7. The lowest BCUT2D eigenvalue weighted by Crippen LogP contribution is -2.15. The Bertz CT molecular complexity index is 667. The average molecular weight is 283 g/mol. The Morgan fingerprint density at radius 3 is 3.00 bits per heavy atom. The Labute approximate surface area is 123 Å². The van der Waals surface area contributed by atoms with E-state index in [1.807, 2.05) is 42.5 Å². The normalized spacial score (nSPS) is 12.4. The van der Waals surface area contributed by atoms with E-state index in [9.17, 15) is 4.79 Å². The van der Waals surface area contributed by atoms with Gasteiger partial charge in [0.15, 0.2) is 0 Å². The number of rotatable bonds is 4. The molecule has 2 aromatic rings. The molecule has 0 saturated heterocycles. The van der Waals surface area contributed by atoms with Crippen LogP contribution in [0.1, 0.15) is 11.1 Å². The van der Waals surface area contributed by atoms with Crippen LogP contribution in [0.15, 0.2) is 42.5 Å². The first-order valence-corrected chi connectivity index (χ1v) is 6.94. The number of carbonyl (C=O) groups is 1. The summed E-state index contributed by atoms with van der Waals surface area (Å²) < 4.78 is 10.7. The molecule has 0 fully saturated rings. The van der Waals surface area contributed by atoms with Crippen molar-refractivity contribution in [3.63, 3.8) is 0 Å². The van der Waals surface area contributed by atoms with Crippen molar-refractivity contribution >= 4 is 11.6 Å². The molecule has 1 N–H and O–H groups in total. The molecule has 0 atom stereocenters. The van der Waals surface area contributed by atoms with E-state index in [1.165, 1.54) is 5.56 Å². The molecule has 1 amide bonds. The third kappa shape index (κ3) is 2.99. The number of fused-ring (bicyclic) bond motifs is 1. The molecule has 1 heterocycles. The summed E-state index contributed by atoms with van der Waals surface area (Å²) >= 11 is 0. The number of anilines is 1. The van der Waals surface area contributed by atoms with Gasteiger partial charge in [0.25, 0.3) is 0 Å². The Morgan fingerprint density at radius 2 is 2.14 bits per heavy atom. The molecule has 4 nitrogen and oxygen atoms in total. The Balaban J connectivity index is 1.69. The molecule has 0 aromatic heterocycles. The number of methoxy groups -OCH3 is 1. The SMILES string of the molecule is COc1ccccc1NC(=O)Cc1ccc2c(c1)CCO2. The Kier molecular flexibility index (Phi) is 3.77. The van der Waals surface area contributed by atoms with Crippen molar-refractivity contribution in [3.8, 4) is 11.5 Å². The summed E-state index contributed by atoms with van der Waals surface area (Å²) in [6, 6.07) is 13.3. The predicted octanol–water partition coefficient (Wildman–Crippen LogP) is 2.81. The highest BCUT2D eigenvalue weighted by atomic mass is 16.5. The summed E-state index contributed by atoms with van der Waals surface area (Å²) in [5.74, 6) is 1.54. The summed E-state index contributed by atoms with van der Waals surface area (Å²) in [7, 11) is 1.59. The fourth-order valence-corrected chi connectivity index (χ4v) is 2.48. The molecule has 0 bridgehead atoms. The van der Waals surface area contributed by atoms with Crippen molar-refractivity contribution in [2.24, 2.45) is 0 Å². The summed E-state index contributed by atoms with van der Waals surface area (Å²) in [6.07, 6.45) is 1.25. The molecule has 4 heteroatoms. The van der Waals surface area contributed by atoms with Crippen LogP contribution in [-0.4, -0.2) is 19.6 Å². The minimum Gasteiger partial charge on any atom is -0.495 e. The highest BCUT2D eigenvalue weighted by molar-refractivity contribution is 5.93. The first-order chi connectivity index (χ1) is 10.3. The maximum absolute atomic E-state index is 12.2. The summed E-state index contributed by atoms with van der Waals surface area (Å²) in [5, 5.41) is 2.88. The van der Waals surface area contributed by atoms with E-state index >= 15 is 0 Å². The minimum absolute atomic E-state index is 0.0571. The van der Waals surface area contributed by atoms with Gasteiger partial charge in [0.05, 0.1) is 25.8 Å². The lowest BCUT2D eigenvalue weighted by atomic mass is 10.1. The zero-order valence-corrected chi connectivity index (χ0v) is 11.9. The second kappa shape index (κ2) is 5.87. The van der Waals surface area contributed by atoms with Crippen molar-refractivity contribution in [2.75, 3.05) is 19.0 Å². The standard InChI is InChI=1S/C17H17NO3/c1-20-16-5-3-2-4-14(16)18-17(19)11-12-6-7-15-13(10-12)8-9-21-15/h2-7,10H,8-9,11H2,1H3,(H,18,19). The van der Waals surface area contributed by atoms with Crippen LogP contribution in [0.25, 0.3) is 0 Å². The molecule has 1 aliphatic rings. The second-order valence-corrected chi connectivity index (χ2v) is 4.97. The van der Waals surface area contributed by atoms with Crippen LogP contribution >= 0.6 is 0 Å². The number of benzene rings is 2. The lowest BCUT2D eigenvalue weighted by molar-refractivity contribution is -0.115. The number of nitrogens with one attached hydrogen (secondary N) is 1. The summed E-state index contributed by atoms with van der Waals surface area (Å²) in [6.45, 7) is 0.728. The number of hydrogen-bond donors (Lipinski definition) is 1. The molecular weight excluding hydrogens is 266 g/mol. The molecule has 2 aromatic carbocycles. The van der Waals surface area contributed by atoms with E-state index in [1.54, 1.807) is 7.11 Å². The Hall–Kier alpha value is -2.49. The summed E-state index contributed by atoms with van der Waals surface area (Å²) in [5.41, 5.74) is 2.86. The van der Waals surface area contributed by atoms with E-state index in [4.69, 9.17) is 9.47 Å².